The Labute approximate surface area is 164 Å². The molecule has 1 heterocycles. The number of imide groups is 1. The van der Waals surface area contributed by atoms with Crippen LogP contribution in [0.1, 0.15) is 37.8 Å². The number of nitrogens with one attached hydrogen (secondary N) is 1. The highest BCUT2D eigenvalue weighted by Crippen LogP contribution is 2.30. The van der Waals surface area contributed by atoms with Crippen LogP contribution in [-0.4, -0.2) is 30.0 Å². The lowest BCUT2D eigenvalue weighted by Gasteiger charge is -2.23. The molecule has 2 aromatic carbocycles. The highest BCUT2D eigenvalue weighted by atomic mass is 35.5. The first-order valence-electron chi connectivity index (χ1n) is 8.95. The Kier molecular flexibility index (Phi) is 5.42. The summed E-state index contributed by atoms with van der Waals surface area (Å²) >= 11 is 6.05. The van der Waals surface area contributed by atoms with Crippen molar-refractivity contribution in [1.29, 1.82) is 0 Å². The third kappa shape index (κ3) is 3.78. The third-order valence-corrected chi connectivity index (χ3v) is 5.15. The lowest BCUT2D eigenvalue weighted by atomic mass is 9.90. The van der Waals surface area contributed by atoms with E-state index in [0.717, 1.165) is 5.56 Å². The molecule has 1 aliphatic rings. The molecule has 0 aliphatic carbocycles. The van der Waals surface area contributed by atoms with Gasteiger partial charge in [-0.05, 0) is 36.1 Å². The number of hydrogen-bond donors (Lipinski definition) is 1. The Bertz CT molecular complexity index is 851. The van der Waals surface area contributed by atoms with E-state index in [1.54, 1.807) is 19.1 Å². The molecule has 6 heteroatoms. The van der Waals surface area contributed by atoms with Crippen molar-refractivity contribution < 1.29 is 14.3 Å². The van der Waals surface area contributed by atoms with Crippen LogP contribution < -0.4 is 10.1 Å². The van der Waals surface area contributed by atoms with E-state index in [4.69, 9.17) is 16.3 Å². The van der Waals surface area contributed by atoms with Crippen molar-refractivity contribution in [3.8, 4) is 5.75 Å². The third-order valence-electron chi connectivity index (χ3n) is 4.84. The molecule has 1 saturated heterocycles. The van der Waals surface area contributed by atoms with Gasteiger partial charge in [-0.15, -0.1) is 0 Å². The Hall–Kier alpha value is -2.53. The average molecular weight is 387 g/mol. The second-order valence-corrected chi connectivity index (χ2v) is 7.47. The topological polar surface area (TPSA) is 58.6 Å². The van der Waals surface area contributed by atoms with Gasteiger partial charge in [0.15, 0.2) is 0 Å². The summed E-state index contributed by atoms with van der Waals surface area (Å²) in [7, 11) is 0. The van der Waals surface area contributed by atoms with Gasteiger partial charge in [-0.25, -0.2) is 4.79 Å². The van der Waals surface area contributed by atoms with Gasteiger partial charge in [-0.2, -0.15) is 0 Å². The summed E-state index contributed by atoms with van der Waals surface area (Å²) in [6, 6.07) is 14.5. The van der Waals surface area contributed by atoms with Crippen LogP contribution in [0.3, 0.4) is 0 Å². The summed E-state index contributed by atoms with van der Waals surface area (Å²) in [5.41, 5.74) is 0.876. The molecule has 1 unspecified atom stereocenters. The van der Waals surface area contributed by atoms with Gasteiger partial charge < -0.3 is 10.1 Å². The number of halogens is 1. The van der Waals surface area contributed by atoms with Crippen molar-refractivity contribution in [1.82, 2.24) is 10.2 Å². The zero-order chi connectivity index (χ0) is 19.6. The Morgan fingerprint density at radius 3 is 2.41 bits per heavy atom. The molecular formula is C21H23ClN2O3. The van der Waals surface area contributed by atoms with Crippen LogP contribution in [-0.2, 0) is 10.3 Å². The lowest BCUT2D eigenvalue weighted by Crippen LogP contribution is -2.41. The number of ether oxygens (including phenoxy) is 1. The van der Waals surface area contributed by atoms with Crippen molar-refractivity contribution in [3.05, 3.63) is 64.7 Å². The molecule has 0 radical (unpaired) electrons. The molecule has 0 aromatic heterocycles. The molecule has 1 N–H and O–H groups in total. The minimum atomic E-state index is -1.07. The number of urea groups is 1. The van der Waals surface area contributed by atoms with Crippen LogP contribution in [0.15, 0.2) is 48.5 Å². The van der Waals surface area contributed by atoms with Gasteiger partial charge >= 0.3 is 6.03 Å². The fourth-order valence-corrected chi connectivity index (χ4v) is 3.30. The first-order valence-corrected chi connectivity index (χ1v) is 9.32. The van der Waals surface area contributed by atoms with Crippen LogP contribution in [0, 0.1) is 0 Å². The predicted molar refractivity (Wildman–Crippen MR) is 105 cm³/mol. The van der Waals surface area contributed by atoms with E-state index in [9.17, 15) is 9.59 Å². The molecule has 0 spiro atoms. The Morgan fingerprint density at radius 1 is 1.11 bits per heavy atom. The maximum Gasteiger partial charge on any atom is 0.325 e. The standard InChI is InChI=1S/C21H23ClN2O3/c1-14(2)15-8-10-16(11-9-15)21(3)19(25)24(20(26)23-21)12-13-27-18-7-5-4-6-17(18)22/h4-11,14H,12-13H2,1-3H3,(H,23,26). The van der Waals surface area contributed by atoms with Gasteiger partial charge in [0.1, 0.15) is 17.9 Å². The Balaban J connectivity index is 1.69. The molecule has 142 valence electrons. The van der Waals surface area contributed by atoms with Crippen molar-refractivity contribution in [2.75, 3.05) is 13.2 Å². The van der Waals surface area contributed by atoms with Gasteiger partial charge in [0.25, 0.3) is 5.91 Å². The quantitative estimate of drug-likeness (QED) is 0.752. The van der Waals surface area contributed by atoms with Gasteiger partial charge in [0.05, 0.1) is 11.6 Å². The molecule has 3 amide bonds. The number of para-hydroxylation sites is 1. The fraction of sp³-hybridized carbons (Fsp3) is 0.333. The molecule has 5 nitrogen and oxygen atoms in total. The molecule has 3 rings (SSSR count). The van der Waals surface area contributed by atoms with Crippen molar-refractivity contribution >= 4 is 23.5 Å². The van der Waals surface area contributed by atoms with Crippen LogP contribution in [0.5, 0.6) is 5.75 Å². The second kappa shape index (κ2) is 7.61. The van der Waals surface area contributed by atoms with Gasteiger partial charge in [0.2, 0.25) is 0 Å². The largest absolute Gasteiger partial charge is 0.490 e. The van der Waals surface area contributed by atoms with Crippen LogP contribution >= 0.6 is 11.6 Å². The van der Waals surface area contributed by atoms with E-state index in [2.05, 4.69) is 19.2 Å². The predicted octanol–water partition coefficient (Wildman–Crippen LogP) is 4.31. The van der Waals surface area contributed by atoms with Gasteiger partial charge in [0, 0.05) is 0 Å². The van der Waals surface area contributed by atoms with Crippen LogP contribution in [0.2, 0.25) is 5.02 Å². The maximum atomic E-state index is 12.9. The highest BCUT2D eigenvalue weighted by molar-refractivity contribution is 6.32. The highest BCUT2D eigenvalue weighted by Gasteiger charge is 2.48. The molecule has 1 aliphatic heterocycles. The second-order valence-electron chi connectivity index (χ2n) is 7.07. The normalized spacial score (nSPS) is 19.5. The molecule has 1 atom stereocenters. The van der Waals surface area contributed by atoms with Crippen LogP contribution in [0.4, 0.5) is 4.79 Å². The summed E-state index contributed by atoms with van der Waals surface area (Å²) in [4.78, 5) is 26.5. The number of nitrogens with zero attached hydrogens (tertiary/aromatic N) is 1. The number of rotatable bonds is 6. The monoisotopic (exact) mass is 386 g/mol. The van der Waals surface area contributed by atoms with E-state index in [1.807, 2.05) is 36.4 Å². The number of carbonyl (C=O) groups is 2. The smallest absolute Gasteiger partial charge is 0.325 e. The summed E-state index contributed by atoms with van der Waals surface area (Å²) in [6.45, 7) is 6.27. The SMILES string of the molecule is CC(C)c1ccc(C2(C)NC(=O)N(CCOc3ccccc3Cl)C2=O)cc1. The minimum Gasteiger partial charge on any atom is -0.490 e. The summed E-state index contributed by atoms with van der Waals surface area (Å²) in [5, 5.41) is 3.30. The van der Waals surface area contributed by atoms with Crippen LogP contribution in [0.25, 0.3) is 0 Å². The van der Waals surface area contributed by atoms with Gasteiger partial charge in [-0.3, -0.25) is 9.69 Å². The van der Waals surface area contributed by atoms with Crippen molar-refractivity contribution in [3.63, 3.8) is 0 Å². The number of amides is 3. The maximum absolute atomic E-state index is 12.9. The van der Waals surface area contributed by atoms with Crippen molar-refractivity contribution in [2.45, 2.75) is 32.2 Å². The number of hydrogen-bond acceptors (Lipinski definition) is 3. The zero-order valence-electron chi connectivity index (χ0n) is 15.7. The van der Waals surface area contributed by atoms with E-state index in [-0.39, 0.29) is 19.1 Å². The summed E-state index contributed by atoms with van der Waals surface area (Å²) in [5.74, 6) is 0.644. The van der Waals surface area contributed by atoms with E-state index in [1.165, 1.54) is 10.5 Å². The molecule has 0 saturated carbocycles. The van der Waals surface area contributed by atoms with E-state index in [0.29, 0.717) is 16.7 Å². The average Bonchev–Trinajstić information content (AvgIpc) is 2.87. The number of benzene rings is 2. The first kappa shape index (κ1) is 19.2. The summed E-state index contributed by atoms with van der Waals surface area (Å²) < 4.78 is 5.61. The lowest BCUT2D eigenvalue weighted by molar-refractivity contribution is -0.131. The number of carbonyl (C=O) groups excluding carboxylic acids is 2. The minimum absolute atomic E-state index is 0.148. The van der Waals surface area contributed by atoms with Crippen molar-refractivity contribution in [2.24, 2.45) is 0 Å². The first-order chi connectivity index (χ1) is 12.8. The molecule has 1 fully saturated rings. The molecule has 27 heavy (non-hydrogen) atoms. The fourth-order valence-electron chi connectivity index (χ4n) is 3.11. The van der Waals surface area contributed by atoms with Gasteiger partial charge in [-0.1, -0.05) is 61.8 Å². The zero-order valence-corrected chi connectivity index (χ0v) is 16.4. The Morgan fingerprint density at radius 2 is 1.78 bits per heavy atom. The molecule has 2 aromatic rings. The van der Waals surface area contributed by atoms with E-state index < -0.39 is 11.6 Å². The van der Waals surface area contributed by atoms with E-state index >= 15 is 0 Å². The summed E-state index contributed by atoms with van der Waals surface area (Å²) in [6.07, 6.45) is 0. The molecule has 0 bridgehead atoms. The molecular weight excluding hydrogens is 364 g/mol.